The predicted octanol–water partition coefficient (Wildman–Crippen LogP) is 2.41. The van der Waals surface area contributed by atoms with E-state index >= 15 is 0 Å². The zero-order valence-electron chi connectivity index (χ0n) is 12.4. The van der Waals surface area contributed by atoms with Crippen molar-refractivity contribution in [2.45, 2.75) is 31.7 Å². The standard InChI is InChI=1S/C15H24N2O3/c1-18-12-9-8-11(14(19-2)15(12)20-3)13(17-16)10-6-4-5-7-10/h8-10,13,17H,4-7,16H2,1-3H3. The highest BCUT2D eigenvalue weighted by molar-refractivity contribution is 5.56. The number of hydrazine groups is 1. The Labute approximate surface area is 120 Å². The summed E-state index contributed by atoms with van der Waals surface area (Å²) < 4.78 is 16.3. The van der Waals surface area contributed by atoms with Gasteiger partial charge in [0, 0.05) is 5.56 Å². The van der Waals surface area contributed by atoms with Crippen LogP contribution in [-0.2, 0) is 0 Å². The molecule has 112 valence electrons. The summed E-state index contributed by atoms with van der Waals surface area (Å²) in [5.41, 5.74) is 3.97. The Hall–Kier alpha value is -1.46. The normalized spacial score (nSPS) is 17.0. The lowest BCUT2D eigenvalue weighted by Gasteiger charge is -2.26. The third-order valence-electron chi connectivity index (χ3n) is 4.12. The summed E-state index contributed by atoms with van der Waals surface area (Å²) in [7, 11) is 4.88. The molecule has 0 bridgehead atoms. The highest BCUT2D eigenvalue weighted by Gasteiger charge is 2.29. The molecule has 0 saturated heterocycles. The largest absolute Gasteiger partial charge is 0.493 e. The summed E-state index contributed by atoms with van der Waals surface area (Å²) in [6.45, 7) is 0. The van der Waals surface area contributed by atoms with Crippen LogP contribution < -0.4 is 25.5 Å². The van der Waals surface area contributed by atoms with E-state index < -0.39 is 0 Å². The minimum Gasteiger partial charge on any atom is -0.493 e. The van der Waals surface area contributed by atoms with E-state index in [9.17, 15) is 0 Å². The number of ether oxygens (including phenoxy) is 3. The molecule has 1 unspecified atom stereocenters. The molecule has 2 rings (SSSR count). The van der Waals surface area contributed by atoms with Gasteiger partial charge in [-0.05, 0) is 30.9 Å². The van der Waals surface area contributed by atoms with Gasteiger partial charge in [0.25, 0.3) is 0 Å². The fourth-order valence-electron chi connectivity index (χ4n) is 3.14. The van der Waals surface area contributed by atoms with E-state index in [-0.39, 0.29) is 6.04 Å². The molecule has 1 aliphatic carbocycles. The van der Waals surface area contributed by atoms with Crippen molar-refractivity contribution in [2.75, 3.05) is 21.3 Å². The lowest BCUT2D eigenvalue weighted by molar-refractivity contribution is 0.309. The van der Waals surface area contributed by atoms with Crippen molar-refractivity contribution in [2.24, 2.45) is 11.8 Å². The van der Waals surface area contributed by atoms with Crippen LogP contribution in [0.15, 0.2) is 12.1 Å². The third kappa shape index (κ3) is 2.69. The second-order valence-electron chi connectivity index (χ2n) is 5.11. The van der Waals surface area contributed by atoms with E-state index in [0.29, 0.717) is 23.2 Å². The van der Waals surface area contributed by atoms with Gasteiger partial charge in [-0.1, -0.05) is 12.8 Å². The van der Waals surface area contributed by atoms with E-state index in [4.69, 9.17) is 20.1 Å². The van der Waals surface area contributed by atoms with Crippen LogP contribution in [0.2, 0.25) is 0 Å². The summed E-state index contributed by atoms with van der Waals surface area (Å²) in [5.74, 6) is 8.30. The van der Waals surface area contributed by atoms with E-state index in [2.05, 4.69) is 5.43 Å². The number of nitrogens with one attached hydrogen (secondary N) is 1. The summed E-state index contributed by atoms with van der Waals surface area (Å²) in [6.07, 6.45) is 4.90. The second-order valence-corrected chi connectivity index (χ2v) is 5.11. The molecule has 1 aromatic rings. The van der Waals surface area contributed by atoms with Crippen LogP contribution in [0.5, 0.6) is 17.2 Å². The molecule has 0 radical (unpaired) electrons. The smallest absolute Gasteiger partial charge is 0.203 e. The number of benzene rings is 1. The first-order valence-electron chi connectivity index (χ1n) is 7.01. The Kier molecular flexibility index (Phi) is 5.09. The van der Waals surface area contributed by atoms with Gasteiger partial charge in [-0.15, -0.1) is 0 Å². The van der Waals surface area contributed by atoms with E-state index in [1.54, 1.807) is 21.3 Å². The molecule has 3 N–H and O–H groups in total. The maximum atomic E-state index is 5.79. The van der Waals surface area contributed by atoms with Crippen LogP contribution in [0.25, 0.3) is 0 Å². The summed E-state index contributed by atoms with van der Waals surface area (Å²) >= 11 is 0. The zero-order valence-corrected chi connectivity index (χ0v) is 12.4. The molecule has 5 nitrogen and oxygen atoms in total. The van der Waals surface area contributed by atoms with E-state index in [1.165, 1.54) is 25.7 Å². The molecule has 0 aromatic heterocycles. The topological polar surface area (TPSA) is 65.7 Å². The Balaban J connectivity index is 2.43. The average molecular weight is 280 g/mol. The highest BCUT2D eigenvalue weighted by atomic mass is 16.5. The molecule has 0 aliphatic heterocycles. The number of methoxy groups -OCH3 is 3. The van der Waals surface area contributed by atoms with Crippen molar-refractivity contribution in [3.05, 3.63) is 17.7 Å². The SMILES string of the molecule is COc1ccc(C(NN)C2CCCC2)c(OC)c1OC. The van der Waals surface area contributed by atoms with Gasteiger partial charge in [0.2, 0.25) is 5.75 Å². The summed E-state index contributed by atoms with van der Waals surface area (Å²) in [5, 5.41) is 0. The van der Waals surface area contributed by atoms with Crippen molar-refractivity contribution in [3.63, 3.8) is 0 Å². The quantitative estimate of drug-likeness (QED) is 0.619. The van der Waals surface area contributed by atoms with Crippen molar-refractivity contribution in [1.82, 2.24) is 5.43 Å². The lowest BCUT2D eigenvalue weighted by atomic mass is 9.91. The van der Waals surface area contributed by atoms with Crippen molar-refractivity contribution >= 4 is 0 Å². The van der Waals surface area contributed by atoms with Crippen LogP contribution in [0, 0.1) is 5.92 Å². The van der Waals surface area contributed by atoms with Crippen LogP contribution in [0.4, 0.5) is 0 Å². The van der Waals surface area contributed by atoms with E-state index in [0.717, 1.165) is 5.56 Å². The van der Waals surface area contributed by atoms with Gasteiger partial charge < -0.3 is 14.2 Å². The Morgan fingerprint density at radius 3 is 2.20 bits per heavy atom. The molecular formula is C15H24N2O3. The van der Waals surface area contributed by atoms with Crippen LogP contribution in [0.3, 0.4) is 0 Å². The maximum Gasteiger partial charge on any atom is 0.203 e. The zero-order chi connectivity index (χ0) is 14.5. The second kappa shape index (κ2) is 6.81. The first kappa shape index (κ1) is 14.9. The van der Waals surface area contributed by atoms with Gasteiger partial charge in [0.15, 0.2) is 11.5 Å². The molecule has 1 fully saturated rings. The Morgan fingerprint density at radius 1 is 1.05 bits per heavy atom. The van der Waals surface area contributed by atoms with E-state index in [1.807, 2.05) is 12.1 Å². The minimum atomic E-state index is 0.0762. The number of hydrogen-bond acceptors (Lipinski definition) is 5. The van der Waals surface area contributed by atoms with Crippen LogP contribution in [-0.4, -0.2) is 21.3 Å². The van der Waals surface area contributed by atoms with Gasteiger partial charge in [-0.25, -0.2) is 0 Å². The highest BCUT2D eigenvalue weighted by Crippen LogP contribution is 2.45. The van der Waals surface area contributed by atoms with Crippen molar-refractivity contribution in [1.29, 1.82) is 0 Å². The predicted molar refractivity (Wildman–Crippen MR) is 78.1 cm³/mol. The molecular weight excluding hydrogens is 256 g/mol. The monoisotopic (exact) mass is 280 g/mol. The summed E-state index contributed by atoms with van der Waals surface area (Å²) in [6, 6.07) is 3.98. The van der Waals surface area contributed by atoms with Crippen molar-refractivity contribution in [3.8, 4) is 17.2 Å². The van der Waals surface area contributed by atoms with Gasteiger partial charge >= 0.3 is 0 Å². The molecule has 0 amide bonds. The molecule has 0 spiro atoms. The number of rotatable bonds is 6. The molecule has 1 atom stereocenters. The molecule has 20 heavy (non-hydrogen) atoms. The first-order valence-corrected chi connectivity index (χ1v) is 7.01. The molecule has 1 aliphatic rings. The first-order chi connectivity index (χ1) is 9.76. The molecule has 1 aromatic carbocycles. The fourth-order valence-corrected chi connectivity index (χ4v) is 3.14. The maximum absolute atomic E-state index is 5.79. The Bertz CT molecular complexity index is 445. The Morgan fingerprint density at radius 2 is 1.70 bits per heavy atom. The van der Waals surface area contributed by atoms with Gasteiger partial charge in [0.1, 0.15) is 0 Å². The molecule has 5 heteroatoms. The van der Waals surface area contributed by atoms with Crippen LogP contribution >= 0.6 is 0 Å². The minimum absolute atomic E-state index is 0.0762. The molecule has 1 saturated carbocycles. The van der Waals surface area contributed by atoms with Crippen LogP contribution in [0.1, 0.15) is 37.3 Å². The van der Waals surface area contributed by atoms with Crippen molar-refractivity contribution < 1.29 is 14.2 Å². The number of hydrogen-bond donors (Lipinski definition) is 2. The lowest BCUT2D eigenvalue weighted by Crippen LogP contribution is -2.33. The third-order valence-corrected chi connectivity index (χ3v) is 4.12. The number of nitrogens with two attached hydrogens (primary N) is 1. The fraction of sp³-hybridized carbons (Fsp3) is 0.600. The average Bonchev–Trinajstić information content (AvgIpc) is 3.01. The summed E-state index contributed by atoms with van der Waals surface area (Å²) in [4.78, 5) is 0. The van der Waals surface area contributed by atoms with Gasteiger partial charge in [-0.3, -0.25) is 11.3 Å². The molecule has 0 heterocycles. The van der Waals surface area contributed by atoms with Gasteiger partial charge in [0.05, 0.1) is 27.4 Å². The van der Waals surface area contributed by atoms with Gasteiger partial charge in [-0.2, -0.15) is 0 Å².